The number of hydrogen-bond acceptors (Lipinski definition) is 4. The first-order valence-corrected chi connectivity index (χ1v) is 11.5. The lowest BCUT2D eigenvalue weighted by Crippen LogP contribution is -2.60. The van der Waals surface area contributed by atoms with Crippen LogP contribution in [0.25, 0.3) is 0 Å². The van der Waals surface area contributed by atoms with Crippen molar-refractivity contribution in [2.75, 3.05) is 19.6 Å². The minimum absolute atomic E-state index is 0.0374. The normalized spacial score (nSPS) is 18.9. The number of ether oxygens (including phenoxy) is 1. The molecule has 1 fully saturated rings. The molecule has 2 amide bonds. The molecule has 1 heterocycles. The van der Waals surface area contributed by atoms with E-state index in [1.807, 2.05) is 51.7 Å². The molecule has 0 unspecified atom stereocenters. The predicted octanol–water partition coefficient (Wildman–Crippen LogP) is 4.56. The zero-order valence-electron chi connectivity index (χ0n) is 19.9. The molecule has 2 atom stereocenters. The van der Waals surface area contributed by atoms with Crippen LogP contribution >= 0.6 is 11.6 Å². The van der Waals surface area contributed by atoms with Crippen molar-refractivity contribution in [2.24, 2.45) is 11.8 Å². The van der Waals surface area contributed by atoms with Crippen LogP contribution < -0.4 is 5.32 Å². The molecule has 31 heavy (non-hydrogen) atoms. The van der Waals surface area contributed by atoms with Gasteiger partial charge in [0.1, 0.15) is 11.6 Å². The third-order valence-corrected chi connectivity index (χ3v) is 5.77. The predicted molar refractivity (Wildman–Crippen MR) is 125 cm³/mol. The second-order valence-corrected chi connectivity index (χ2v) is 10.5. The van der Waals surface area contributed by atoms with Crippen LogP contribution in [0.5, 0.6) is 0 Å². The highest BCUT2D eigenvalue weighted by atomic mass is 35.5. The van der Waals surface area contributed by atoms with Crippen LogP contribution in [0.4, 0.5) is 4.79 Å². The van der Waals surface area contributed by atoms with Gasteiger partial charge in [0.05, 0.1) is 0 Å². The highest BCUT2D eigenvalue weighted by Gasteiger charge is 2.36. The van der Waals surface area contributed by atoms with E-state index < -0.39 is 17.7 Å². The van der Waals surface area contributed by atoms with Crippen LogP contribution in [0.3, 0.4) is 0 Å². The highest BCUT2D eigenvalue weighted by molar-refractivity contribution is 6.30. The molecule has 1 aromatic rings. The number of benzene rings is 1. The number of hydrogen-bond donors (Lipinski definition) is 1. The Morgan fingerprint density at radius 2 is 1.74 bits per heavy atom. The number of alkyl carbamates (subject to hydrolysis) is 1. The van der Waals surface area contributed by atoms with Crippen molar-refractivity contribution in [1.29, 1.82) is 0 Å². The molecule has 174 valence electrons. The molecule has 0 bridgehead atoms. The molecule has 1 aliphatic rings. The first-order chi connectivity index (χ1) is 14.4. The van der Waals surface area contributed by atoms with Gasteiger partial charge >= 0.3 is 6.09 Å². The Morgan fingerprint density at radius 3 is 2.26 bits per heavy atom. The van der Waals surface area contributed by atoms with Gasteiger partial charge in [0.15, 0.2) is 0 Å². The lowest BCUT2D eigenvalue weighted by atomic mass is 9.96. The van der Waals surface area contributed by atoms with Gasteiger partial charge in [0, 0.05) is 37.2 Å². The monoisotopic (exact) mass is 451 g/mol. The molecule has 0 saturated carbocycles. The molecule has 0 aliphatic carbocycles. The summed E-state index contributed by atoms with van der Waals surface area (Å²) in [6, 6.07) is 7.56. The standard InChI is InChI=1S/C24H38ClN3O3/c1-16(2)20-15-28(13-12-27(20)14-18-8-10-19(25)11-9-18)22(29)21(17(3)4)26-23(30)31-24(5,6)7/h8-11,16-17,20-21H,12-15H2,1-7H3,(H,26,30)/t20-,21-/m0/s1. The van der Waals surface area contributed by atoms with E-state index >= 15 is 0 Å². The lowest BCUT2D eigenvalue weighted by Gasteiger charge is -2.44. The van der Waals surface area contributed by atoms with Crippen molar-refractivity contribution in [1.82, 2.24) is 15.1 Å². The summed E-state index contributed by atoms with van der Waals surface area (Å²) >= 11 is 6.02. The van der Waals surface area contributed by atoms with Gasteiger partial charge < -0.3 is 15.0 Å². The Bertz CT molecular complexity index is 743. The van der Waals surface area contributed by atoms with Gasteiger partial charge in [-0.25, -0.2) is 4.79 Å². The van der Waals surface area contributed by atoms with E-state index in [4.69, 9.17) is 16.3 Å². The van der Waals surface area contributed by atoms with Gasteiger partial charge in [-0.2, -0.15) is 0 Å². The summed E-state index contributed by atoms with van der Waals surface area (Å²) in [5.74, 6) is 0.307. The maximum Gasteiger partial charge on any atom is 0.408 e. The fourth-order valence-corrected chi connectivity index (χ4v) is 3.97. The van der Waals surface area contributed by atoms with E-state index in [1.165, 1.54) is 5.56 Å². The van der Waals surface area contributed by atoms with Gasteiger partial charge in [-0.05, 0) is 50.3 Å². The SMILES string of the molecule is CC(C)[C@H](NC(=O)OC(C)(C)C)C(=O)N1CCN(Cc2ccc(Cl)cc2)[C@H](C(C)C)C1. The van der Waals surface area contributed by atoms with Gasteiger partial charge in [0.2, 0.25) is 5.91 Å². The Kier molecular flexibility index (Phi) is 8.78. The van der Waals surface area contributed by atoms with E-state index in [9.17, 15) is 9.59 Å². The van der Waals surface area contributed by atoms with Crippen LogP contribution in [-0.4, -0.2) is 59.1 Å². The Labute approximate surface area is 192 Å². The van der Waals surface area contributed by atoms with Gasteiger partial charge in [0.25, 0.3) is 0 Å². The average molecular weight is 452 g/mol. The molecule has 6 nitrogen and oxygen atoms in total. The number of amides is 2. The van der Waals surface area contributed by atoms with Crippen molar-refractivity contribution in [3.63, 3.8) is 0 Å². The van der Waals surface area contributed by atoms with E-state index in [0.29, 0.717) is 19.0 Å². The third-order valence-electron chi connectivity index (χ3n) is 5.52. The number of halogens is 1. The maximum absolute atomic E-state index is 13.3. The smallest absolute Gasteiger partial charge is 0.408 e. The van der Waals surface area contributed by atoms with Crippen molar-refractivity contribution < 1.29 is 14.3 Å². The summed E-state index contributed by atoms with van der Waals surface area (Å²) in [5, 5.41) is 3.53. The average Bonchev–Trinajstić information content (AvgIpc) is 2.66. The van der Waals surface area contributed by atoms with Crippen LogP contribution in [0, 0.1) is 11.8 Å². The first-order valence-electron chi connectivity index (χ1n) is 11.1. The Hall–Kier alpha value is -1.79. The van der Waals surface area contributed by atoms with Crippen LogP contribution in [0.2, 0.25) is 5.02 Å². The highest BCUT2D eigenvalue weighted by Crippen LogP contribution is 2.22. The second-order valence-electron chi connectivity index (χ2n) is 10.1. The first kappa shape index (κ1) is 25.5. The van der Waals surface area contributed by atoms with E-state index in [2.05, 4.69) is 36.2 Å². The molecular weight excluding hydrogens is 414 g/mol. The van der Waals surface area contributed by atoms with Gasteiger partial charge in [-0.1, -0.05) is 51.4 Å². The molecule has 1 saturated heterocycles. The number of rotatable bonds is 6. The fourth-order valence-electron chi connectivity index (χ4n) is 3.85. The second kappa shape index (κ2) is 10.7. The van der Waals surface area contributed by atoms with Gasteiger partial charge in [-0.3, -0.25) is 9.69 Å². The van der Waals surface area contributed by atoms with Crippen molar-refractivity contribution in [3.05, 3.63) is 34.9 Å². The summed E-state index contributed by atoms with van der Waals surface area (Å²) in [4.78, 5) is 30.0. The summed E-state index contributed by atoms with van der Waals surface area (Å²) in [7, 11) is 0. The third kappa shape index (κ3) is 7.69. The molecular formula is C24H38ClN3O3. The quantitative estimate of drug-likeness (QED) is 0.688. The van der Waals surface area contributed by atoms with E-state index in [-0.39, 0.29) is 17.9 Å². The minimum atomic E-state index is -0.606. The minimum Gasteiger partial charge on any atom is -0.444 e. The summed E-state index contributed by atoms with van der Waals surface area (Å²) in [5.41, 5.74) is 0.603. The number of nitrogens with one attached hydrogen (secondary N) is 1. The number of carbonyl (C=O) groups excluding carboxylic acids is 2. The number of carbonyl (C=O) groups is 2. The molecule has 1 aromatic carbocycles. The summed E-state index contributed by atoms with van der Waals surface area (Å²) in [6.45, 7) is 16.6. The molecule has 7 heteroatoms. The largest absolute Gasteiger partial charge is 0.444 e. The lowest BCUT2D eigenvalue weighted by molar-refractivity contribution is -0.138. The topological polar surface area (TPSA) is 61.9 Å². The van der Waals surface area contributed by atoms with Crippen molar-refractivity contribution >= 4 is 23.6 Å². The fraction of sp³-hybridized carbons (Fsp3) is 0.667. The molecule has 2 rings (SSSR count). The number of nitrogens with zero attached hydrogens (tertiary/aromatic N) is 2. The van der Waals surface area contributed by atoms with Crippen LogP contribution in [0.15, 0.2) is 24.3 Å². The number of piperazine rings is 1. The summed E-state index contributed by atoms with van der Waals surface area (Å²) < 4.78 is 5.37. The van der Waals surface area contributed by atoms with Crippen molar-refractivity contribution in [3.8, 4) is 0 Å². The zero-order chi connectivity index (χ0) is 23.3. The summed E-state index contributed by atoms with van der Waals surface area (Å²) in [6.07, 6.45) is -0.554. The zero-order valence-corrected chi connectivity index (χ0v) is 20.7. The van der Waals surface area contributed by atoms with E-state index in [1.54, 1.807) is 0 Å². The van der Waals surface area contributed by atoms with E-state index in [0.717, 1.165) is 18.1 Å². The van der Waals surface area contributed by atoms with Crippen LogP contribution in [-0.2, 0) is 16.1 Å². The Balaban J connectivity index is 2.07. The molecule has 0 aromatic heterocycles. The molecule has 1 aliphatic heterocycles. The Morgan fingerprint density at radius 1 is 1.13 bits per heavy atom. The molecule has 1 N–H and O–H groups in total. The molecule has 0 spiro atoms. The van der Waals surface area contributed by atoms with Gasteiger partial charge in [-0.15, -0.1) is 0 Å². The molecule has 0 radical (unpaired) electrons. The van der Waals surface area contributed by atoms with Crippen molar-refractivity contribution in [2.45, 2.75) is 72.7 Å². The maximum atomic E-state index is 13.3. The van der Waals surface area contributed by atoms with Crippen LogP contribution in [0.1, 0.15) is 54.0 Å².